The average Bonchev–Trinajstić information content (AvgIpc) is 2.63. The van der Waals surface area contributed by atoms with Crippen LogP contribution in [-0.4, -0.2) is 14.5 Å². The minimum absolute atomic E-state index is 0.548. The van der Waals surface area contributed by atoms with Gasteiger partial charge >= 0.3 is 0 Å². The van der Waals surface area contributed by atoms with Crippen LogP contribution in [0.4, 0.5) is 5.82 Å². The lowest BCUT2D eigenvalue weighted by molar-refractivity contribution is 0.790. The number of hydrogen-bond donors (Lipinski definition) is 1. The number of rotatable bonds is 2. The summed E-state index contributed by atoms with van der Waals surface area (Å²) in [6.07, 6.45) is 5.29. The summed E-state index contributed by atoms with van der Waals surface area (Å²) in [5.74, 6) is 0.548. The predicted molar refractivity (Wildman–Crippen MR) is 47.9 cm³/mol. The van der Waals surface area contributed by atoms with Crippen molar-refractivity contribution in [1.29, 1.82) is 0 Å². The lowest BCUT2D eigenvalue weighted by atomic mass is 10.6. The van der Waals surface area contributed by atoms with Crippen LogP contribution in [-0.2, 0) is 6.54 Å². The van der Waals surface area contributed by atoms with Crippen LogP contribution in [0.1, 0.15) is 5.01 Å². The highest BCUT2D eigenvalue weighted by Gasteiger charge is 1.97. The molecule has 62 valence electrons. The Morgan fingerprint density at radius 1 is 1.50 bits per heavy atom. The first-order valence-electron chi connectivity index (χ1n) is 3.50. The van der Waals surface area contributed by atoms with E-state index < -0.39 is 0 Å². The summed E-state index contributed by atoms with van der Waals surface area (Å²) in [4.78, 5) is 8.06. The number of nitrogens with zero attached hydrogens (tertiary/aromatic N) is 3. The molecule has 0 spiro atoms. The van der Waals surface area contributed by atoms with Gasteiger partial charge in [-0.05, 0) is 0 Å². The Hall–Kier alpha value is -1.36. The van der Waals surface area contributed by atoms with Crippen molar-refractivity contribution in [2.75, 3.05) is 5.73 Å². The first-order chi connectivity index (χ1) is 5.84. The Morgan fingerprint density at radius 3 is 3.00 bits per heavy atom. The third-order valence-electron chi connectivity index (χ3n) is 1.45. The lowest BCUT2D eigenvalue weighted by Crippen LogP contribution is -1.95. The van der Waals surface area contributed by atoms with E-state index >= 15 is 0 Å². The van der Waals surface area contributed by atoms with Gasteiger partial charge in [0.2, 0.25) is 0 Å². The van der Waals surface area contributed by atoms with Crippen molar-refractivity contribution >= 4 is 17.2 Å². The highest BCUT2D eigenvalue weighted by molar-refractivity contribution is 7.09. The summed E-state index contributed by atoms with van der Waals surface area (Å²) in [5.41, 5.74) is 5.46. The van der Waals surface area contributed by atoms with Crippen LogP contribution in [0.2, 0.25) is 0 Å². The highest BCUT2D eigenvalue weighted by Crippen LogP contribution is 2.07. The Balaban J connectivity index is 2.14. The highest BCUT2D eigenvalue weighted by atomic mass is 32.1. The third kappa shape index (κ3) is 1.45. The maximum absolute atomic E-state index is 5.46. The molecule has 0 bridgehead atoms. The van der Waals surface area contributed by atoms with E-state index in [2.05, 4.69) is 9.97 Å². The van der Waals surface area contributed by atoms with Crippen molar-refractivity contribution in [1.82, 2.24) is 14.5 Å². The summed E-state index contributed by atoms with van der Waals surface area (Å²) in [7, 11) is 0. The van der Waals surface area contributed by atoms with E-state index in [4.69, 9.17) is 5.73 Å². The van der Waals surface area contributed by atoms with Crippen LogP contribution < -0.4 is 5.73 Å². The fraction of sp³-hybridized carbons (Fsp3) is 0.143. The number of hydrogen-bond acceptors (Lipinski definition) is 4. The molecule has 5 heteroatoms. The van der Waals surface area contributed by atoms with E-state index in [0.717, 1.165) is 11.6 Å². The molecule has 0 fully saturated rings. The number of anilines is 1. The molecule has 0 aliphatic rings. The fourth-order valence-electron chi connectivity index (χ4n) is 0.951. The maximum Gasteiger partial charge on any atom is 0.141 e. The summed E-state index contributed by atoms with van der Waals surface area (Å²) >= 11 is 1.63. The molecule has 4 nitrogen and oxygen atoms in total. The zero-order chi connectivity index (χ0) is 8.39. The molecule has 0 unspecified atom stereocenters. The van der Waals surface area contributed by atoms with Crippen molar-refractivity contribution in [3.63, 3.8) is 0 Å². The fourth-order valence-corrected chi connectivity index (χ4v) is 1.58. The van der Waals surface area contributed by atoms with Crippen molar-refractivity contribution in [2.45, 2.75) is 6.54 Å². The van der Waals surface area contributed by atoms with E-state index in [-0.39, 0.29) is 0 Å². The van der Waals surface area contributed by atoms with Crippen LogP contribution in [0.3, 0.4) is 0 Å². The Bertz CT molecular complexity index is 351. The molecule has 0 radical (unpaired) electrons. The standard InChI is InChI=1S/C7H8N4S/c8-6-3-11(5-10-6)4-7-9-1-2-12-7/h1-3,5H,4,8H2. The molecule has 2 heterocycles. The number of imidazole rings is 1. The minimum Gasteiger partial charge on any atom is -0.382 e. The molecular formula is C7H8N4S. The first-order valence-corrected chi connectivity index (χ1v) is 4.38. The Kier molecular flexibility index (Phi) is 1.79. The molecular weight excluding hydrogens is 172 g/mol. The second kappa shape index (κ2) is 2.94. The SMILES string of the molecule is Nc1cn(Cc2nccs2)cn1. The maximum atomic E-state index is 5.46. The second-order valence-corrected chi connectivity index (χ2v) is 3.38. The van der Waals surface area contributed by atoms with Gasteiger partial charge in [-0.25, -0.2) is 9.97 Å². The van der Waals surface area contributed by atoms with E-state index in [0.29, 0.717) is 5.82 Å². The number of thiazole rings is 1. The van der Waals surface area contributed by atoms with Gasteiger partial charge in [0.05, 0.1) is 12.9 Å². The van der Waals surface area contributed by atoms with Crippen LogP contribution in [0, 0.1) is 0 Å². The lowest BCUT2D eigenvalue weighted by Gasteiger charge is -1.95. The smallest absolute Gasteiger partial charge is 0.141 e. The van der Waals surface area contributed by atoms with Crippen molar-refractivity contribution in [3.8, 4) is 0 Å². The number of nitrogen functional groups attached to an aromatic ring is 1. The molecule has 0 saturated heterocycles. The molecule has 2 N–H and O–H groups in total. The third-order valence-corrected chi connectivity index (χ3v) is 2.22. The van der Waals surface area contributed by atoms with Gasteiger partial charge in [0.15, 0.2) is 0 Å². The Morgan fingerprint density at radius 2 is 2.42 bits per heavy atom. The summed E-state index contributed by atoms with van der Waals surface area (Å²) in [5, 5.41) is 3.02. The van der Waals surface area contributed by atoms with Gasteiger partial charge in [-0.2, -0.15) is 0 Å². The average molecular weight is 180 g/mol. The predicted octanol–water partition coefficient (Wildman–Crippen LogP) is 0.970. The van der Waals surface area contributed by atoms with Crippen LogP contribution in [0.25, 0.3) is 0 Å². The largest absolute Gasteiger partial charge is 0.382 e. The van der Waals surface area contributed by atoms with Crippen LogP contribution in [0.5, 0.6) is 0 Å². The zero-order valence-corrected chi connectivity index (χ0v) is 7.16. The van der Waals surface area contributed by atoms with Gasteiger partial charge < -0.3 is 10.3 Å². The minimum atomic E-state index is 0.548. The molecule has 0 aromatic carbocycles. The first kappa shape index (κ1) is 7.30. The monoisotopic (exact) mass is 180 g/mol. The molecule has 0 atom stereocenters. The van der Waals surface area contributed by atoms with E-state index in [1.165, 1.54) is 0 Å². The topological polar surface area (TPSA) is 56.7 Å². The van der Waals surface area contributed by atoms with Crippen molar-refractivity contribution < 1.29 is 0 Å². The van der Waals surface area contributed by atoms with Gasteiger partial charge in [0, 0.05) is 17.8 Å². The molecule has 2 rings (SSSR count). The molecule has 2 aromatic rings. The molecule has 0 aliphatic heterocycles. The van der Waals surface area contributed by atoms with E-state index in [9.17, 15) is 0 Å². The molecule has 0 saturated carbocycles. The quantitative estimate of drug-likeness (QED) is 0.749. The summed E-state index contributed by atoms with van der Waals surface area (Å²) < 4.78 is 1.91. The van der Waals surface area contributed by atoms with Gasteiger partial charge in [0.1, 0.15) is 10.8 Å². The van der Waals surface area contributed by atoms with Gasteiger partial charge in [-0.1, -0.05) is 0 Å². The second-order valence-electron chi connectivity index (χ2n) is 2.40. The molecule has 2 aromatic heterocycles. The zero-order valence-electron chi connectivity index (χ0n) is 6.34. The van der Waals surface area contributed by atoms with Gasteiger partial charge in [0.25, 0.3) is 0 Å². The van der Waals surface area contributed by atoms with Crippen molar-refractivity contribution in [3.05, 3.63) is 29.1 Å². The van der Waals surface area contributed by atoms with Crippen LogP contribution >= 0.6 is 11.3 Å². The van der Waals surface area contributed by atoms with Crippen LogP contribution in [0.15, 0.2) is 24.1 Å². The normalized spacial score (nSPS) is 10.3. The summed E-state index contributed by atoms with van der Waals surface area (Å²) in [6.45, 7) is 0.752. The van der Waals surface area contributed by atoms with Gasteiger partial charge in [-0.15, -0.1) is 11.3 Å². The molecule has 0 aliphatic carbocycles. The number of nitrogens with two attached hydrogens (primary N) is 1. The van der Waals surface area contributed by atoms with Gasteiger partial charge in [-0.3, -0.25) is 0 Å². The molecule has 0 amide bonds. The number of aromatic nitrogens is 3. The molecule has 12 heavy (non-hydrogen) atoms. The van der Waals surface area contributed by atoms with E-state index in [1.54, 1.807) is 30.1 Å². The van der Waals surface area contributed by atoms with Crippen molar-refractivity contribution in [2.24, 2.45) is 0 Å². The summed E-state index contributed by atoms with van der Waals surface area (Å²) in [6, 6.07) is 0. The van der Waals surface area contributed by atoms with E-state index in [1.807, 2.05) is 9.95 Å². The Labute approximate surface area is 73.7 Å².